The SMILES string of the molecule is C=CC(O)CC(C)C(O)CCCC(=O)O. The van der Waals surface area contributed by atoms with Crippen molar-refractivity contribution in [3.05, 3.63) is 12.7 Å². The third-order valence-electron chi connectivity index (χ3n) is 2.43. The van der Waals surface area contributed by atoms with E-state index in [0.29, 0.717) is 19.3 Å². The Morgan fingerprint density at radius 1 is 1.47 bits per heavy atom. The largest absolute Gasteiger partial charge is 0.481 e. The number of carbonyl (C=O) groups is 1. The van der Waals surface area contributed by atoms with Crippen molar-refractivity contribution in [3.8, 4) is 0 Å². The van der Waals surface area contributed by atoms with Gasteiger partial charge in [0.05, 0.1) is 12.2 Å². The van der Waals surface area contributed by atoms with Gasteiger partial charge in [-0.2, -0.15) is 0 Å². The first-order chi connectivity index (χ1) is 6.97. The van der Waals surface area contributed by atoms with Gasteiger partial charge >= 0.3 is 5.97 Å². The van der Waals surface area contributed by atoms with Crippen LogP contribution >= 0.6 is 0 Å². The Morgan fingerprint density at radius 2 is 2.07 bits per heavy atom. The number of aliphatic carboxylic acids is 1. The predicted molar refractivity (Wildman–Crippen MR) is 57.5 cm³/mol. The molecule has 88 valence electrons. The monoisotopic (exact) mass is 216 g/mol. The van der Waals surface area contributed by atoms with Crippen LogP contribution in [-0.4, -0.2) is 33.5 Å². The molecule has 3 unspecified atom stereocenters. The Hall–Kier alpha value is -0.870. The van der Waals surface area contributed by atoms with Crippen LogP contribution in [0.25, 0.3) is 0 Å². The molecule has 4 nitrogen and oxygen atoms in total. The van der Waals surface area contributed by atoms with Gasteiger partial charge in [0, 0.05) is 6.42 Å². The fourth-order valence-corrected chi connectivity index (χ4v) is 1.38. The summed E-state index contributed by atoms with van der Waals surface area (Å²) in [5, 5.41) is 27.3. The van der Waals surface area contributed by atoms with Gasteiger partial charge in [-0.05, 0) is 25.2 Å². The van der Waals surface area contributed by atoms with Gasteiger partial charge in [-0.1, -0.05) is 13.0 Å². The van der Waals surface area contributed by atoms with Crippen molar-refractivity contribution in [2.45, 2.75) is 44.8 Å². The van der Waals surface area contributed by atoms with Crippen LogP contribution in [0.15, 0.2) is 12.7 Å². The molecule has 0 heterocycles. The van der Waals surface area contributed by atoms with Crippen molar-refractivity contribution in [1.29, 1.82) is 0 Å². The molecule has 0 aliphatic rings. The van der Waals surface area contributed by atoms with E-state index in [2.05, 4.69) is 6.58 Å². The zero-order chi connectivity index (χ0) is 11.8. The van der Waals surface area contributed by atoms with Crippen molar-refractivity contribution < 1.29 is 20.1 Å². The van der Waals surface area contributed by atoms with Crippen LogP contribution in [0.5, 0.6) is 0 Å². The smallest absolute Gasteiger partial charge is 0.303 e. The minimum atomic E-state index is -0.846. The maximum absolute atomic E-state index is 10.2. The van der Waals surface area contributed by atoms with Crippen LogP contribution in [0, 0.1) is 5.92 Å². The van der Waals surface area contributed by atoms with Gasteiger partial charge in [-0.15, -0.1) is 6.58 Å². The predicted octanol–water partition coefficient (Wildman–Crippen LogP) is 1.18. The highest BCUT2D eigenvalue weighted by atomic mass is 16.4. The summed E-state index contributed by atoms with van der Waals surface area (Å²) in [5.74, 6) is -0.896. The van der Waals surface area contributed by atoms with Gasteiger partial charge in [0.1, 0.15) is 0 Å². The van der Waals surface area contributed by atoms with Gasteiger partial charge in [0.2, 0.25) is 0 Å². The lowest BCUT2D eigenvalue weighted by atomic mass is 9.94. The van der Waals surface area contributed by atoms with E-state index in [-0.39, 0.29) is 12.3 Å². The third kappa shape index (κ3) is 7.11. The van der Waals surface area contributed by atoms with E-state index in [1.54, 1.807) is 0 Å². The number of aliphatic hydroxyl groups is 2. The standard InChI is InChI=1S/C11H20O4/c1-3-9(12)7-8(2)10(13)5-4-6-11(14)15/h3,8-10,12-13H,1,4-7H2,2H3,(H,14,15). The molecule has 3 N–H and O–H groups in total. The van der Waals surface area contributed by atoms with Crippen LogP contribution in [-0.2, 0) is 4.79 Å². The number of carboxylic acids is 1. The second-order valence-electron chi connectivity index (χ2n) is 3.87. The topological polar surface area (TPSA) is 77.8 Å². The van der Waals surface area contributed by atoms with E-state index in [0.717, 1.165) is 0 Å². The first kappa shape index (κ1) is 14.1. The molecule has 0 aliphatic carbocycles. The Bertz CT molecular complexity index is 203. The lowest BCUT2D eigenvalue weighted by Gasteiger charge is -2.19. The number of hydrogen-bond acceptors (Lipinski definition) is 3. The first-order valence-electron chi connectivity index (χ1n) is 5.17. The van der Waals surface area contributed by atoms with E-state index < -0.39 is 18.2 Å². The molecule has 0 aromatic rings. The van der Waals surface area contributed by atoms with Gasteiger partial charge in [-0.25, -0.2) is 0 Å². The number of hydrogen-bond donors (Lipinski definition) is 3. The Labute approximate surface area is 90.2 Å². The molecule has 0 bridgehead atoms. The van der Waals surface area contributed by atoms with Crippen molar-refractivity contribution in [3.63, 3.8) is 0 Å². The Balaban J connectivity index is 3.73. The zero-order valence-electron chi connectivity index (χ0n) is 9.09. The first-order valence-corrected chi connectivity index (χ1v) is 5.17. The van der Waals surface area contributed by atoms with Crippen LogP contribution in [0.2, 0.25) is 0 Å². The molecule has 0 fully saturated rings. The fourth-order valence-electron chi connectivity index (χ4n) is 1.38. The molecule has 15 heavy (non-hydrogen) atoms. The number of carboxylic acid groups (broad SMARTS) is 1. The molecule has 4 heteroatoms. The molecule has 3 atom stereocenters. The second-order valence-corrected chi connectivity index (χ2v) is 3.87. The maximum Gasteiger partial charge on any atom is 0.303 e. The quantitative estimate of drug-likeness (QED) is 0.532. The summed E-state index contributed by atoms with van der Waals surface area (Å²) in [4.78, 5) is 10.2. The number of rotatable bonds is 8. The average Bonchev–Trinajstić information content (AvgIpc) is 2.16. The van der Waals surface area contributed by atoms with E-state index in [1.807, 2.05) is 6.92 Å². The van der Waals surface area contributed by atoms with Crippen molar-refractivity contribution in [2.75, 3.05) is 0 Å². The summed E-state index contributed by atoms with van der Waals surface area (Å²) in [6.45, 7) is 5.28. The summed E-state index contributed by atoms with van der Waals surface area (Å²) < 4.78 is 0. The molecule has 0 amide bonds. The molecule has 0 saturated carbocycles. The highest BCUT2D eigenvalue weighted by molar-refractivity contribution is 5.66. The van der Waals surface area contributed by atoms with E-state index in [1.165, 1.54) is 6.08 Å². The van der Waals surface area contributed by atoms with Gasteiger partial charge in [0.15, 0.2) is 0 Å². The second kappa shape index (κ2) is 7.43. The van der Waals surface area contributed by atoms with E-state index >= 15 is 0 Å². The Kier molecular flexibility index (Phi) is 6.99. The lowest BCUT2D eigenvalue weighted by molar-refractivity contribution is -0.137. The molecular formula is C11H20O4. The van der Waals surface area contributed by atoms with E-state index in [9.17, 15) is 15.0 Å². The molecule has 0 rings (SSSR count). The highest BCUT2D eigenvalue weighted by Gasteiger charge is 2.16. The summed E-state index contributed by atoms with van der Waals surface area (Å²) in [6, 6.07) is 0. The summed E-state index contributed by atoms with van der Waals surface area (Å²) >= 11 is 0. The minimum absolute atomic E-state index is 0.0493. The lowest BCUT2D eigenvalue weighted by Crippen LogP contribution is -2.22. The van der Waals surface area contributed by atoms with Crippen LogP contribution in [0.3, 0.4) is 0 Å². The molecular weight excluding hydrogens is 196 g/mol. The summed E-state index contributed by atoms with van der Waals surface area (Å²) in [6.07, 6.45) is 1.72. The van der Waals surface area contributed by atoms with Crippen molar-refractivity contribution >= 4 is 5.97 Å². The van der Waals surface area contributed by atoms with E-state index in [4.69, 9.17) is 5.11 Å². The molecule has 0 radical (unpaired) electrons. The molecule has 0 aromatic carbocycles. The number of aliphatic hydroxyl groups excluding tert-OH is 2. The molecule has 0 aromatic heterocycles. The van der Waals surface area contributed by atoms with Gasteiger partial charge < -0.3 is 15.3 Å². The van der Waals surface area contributed by atoms with Gasteiger partial charge in [0.25, 0.3) is 0 Å². The maximum atomic E-state index is 10.2. The summed E-state index contributed by atoms with van der Waals surface area (Å²) in [7, 11) is 0. The van der Waals surface area contributed by atoms with Crippen LogP contribution in [0.1, 0.15) is 32.6 Å². The minimum Gasteiger partial charge on any atom is -0.481 e. The zero-order valence-corrected chi connectivity index (χ0v) is 9.09. The van der Waals surface area contributed by atoms with Crippen LogP contribution in [0.4, 0.5) is 0 Å². The van der Waals surface area contributed by atoms with Crippen LogP contribution < -0.4 is 0 Å². The normalized spacial score (nSPS) is 16.7. The highest BCUT2D eigenvalue weighted by Crippen LogP contribution is 2.16. The van der Waals surface area contributed by atoms with Crippen molar-refractivity contribution in [2.24, 2.45) is 5.92 Å². The molecule has 0 aliphatic heterocycles. The fraction of sp³-hybridized carbons (Fsp3) is 0.727. The molecule has 0 saturated heterocycles. The summed E-state index contributed by atoms with van der Waals surface area (Å²) in [5.41, 5.74) is 0. The Morgan fingerprint density at radius 3 is 2.53 bits per heavy atom. The average molecular weight is 216 g/mol. The third-order valence-corrected chi connectivity index (χ3v) is 2.43. The van der Waals surface area contributed by atoms with Gasteiger partial charge in [-0.3, -0.25) is 4.79 Å². The molecule has 0 spiro atoms. The van der Waals surface area contributed by atoms with Crippen molar-refractivity contribution in [1.82, 2.24) is 0 Å².